The summed E-state index contributed by atoms with van der Waals surface area (Å²) >= 11 is 0. The van der Waals surface area contributed by atoms with Gasteiger partial charge in [0.1, 0.15) is 12.4 Å². The molecule has 10 heteroatoms. The van der Waals surface area contributed by atoms with E-state index in [1.54, 1.807) is 29.2 Å². The number of fused-ring (bicyclic) bond motifs is 2. The summed E-state index contributed by atoms with van der Waals surface area (Å²) in [6, 6.07) is 11.2. The second kappa shape index (κ2) is 9.75. The lowest BCUT2D eigenvalue weighted by Gasteiger charge is -2.30. The van der Waals surface area contributed by atoms with Crippen LogP contribution in [0.15, 0.2) is 42.5 Å². The van der Waals surface area contributed by atoms with E-state index in [-0.39, 0.29) is 42.6 Å². The normalized spacial score (nSPS) is 22.9. The third-order valence-electron chi connectivity index (χ3n) is 8.45. The highest BCUT2D eigenvalue weighted by molar-refractivity contribution is 6.06. The van der Waals surface area contributed by atoms with Crippen LogP contribution in [-0.4, -0.2) is 59.3 Å². The molecule has 1 spiro atoms. The van der Waals surface area contributed by atoms with Crippen molar-refractivity contribution < 1.29 is 28.3 Å². The lowest BCUT2D eigenvalue weighted by Crippen LogP contribution is -2.48. The highest BCUT2D eigenvalue weighted by Crippen LogP contribution is 2.46. The summed E-state index contributed by atoms with van der Waals surface area (Å²) in [6.45, 7) is 3.11. The van der Waals surface area contributed by atoms with Crippen LogP contribution in [-0.2, 0) is 37.7 Å². The number of anilines is 1. The van der Waals surface area contributed by atoms with Gasteiger partial charge in [-0.25, -0.2) is 14.1 Å². The van der Waals surface area contributed by atoms with Crippen molar-refractivity contribution in [2.45, 2.75) is 50.8 Å². The fraction of sp³-hybridized carbons (Fsp3) is 0.448. The van der Waals surface area contributed by atoms with Crippen LogP contribution in [0.1, 0.15) is 42.9 Å². The molecule has 2 N–H and O–H groups in total. The Bertz CT molecular complexity index is 1340. The first kappa shape index (κ1) is 25.5. The van der Waals surface area contributed by atoms with E-state index in [1.165, 1.54) is 12.1 Å². The molecule has 2 heterocycles. The van der Waals surface area contributed by atoms with E-state index >= 15 is 0 Å². The highest BCUT2D eigenvalue weighted by atomic mass is 19.1. The number of imide groups is 1. The molecule has 4 aliphatic rings. The van der Waals surface area contributed by atoms with Crippen molar-refractivity contribution in [3.8, 4) is 0 Å². The number of benzene rings is 2. The predicted octanol–water partition coefficient (Wildman–Crippen LogP) is 2.93. The Morgan fingerprint density at radius 2 is 1.92 bits per heavy atom. The summed E-state index contributed by atoms with van der Waals surface area (Å²) in [7, 11) is 0. The molecule has 2 saturated heterocycles. The summed E-state index contributed by atoms with van der Waals surface area (Å²) in [5, 5.41) is 5.99. The van der Waals surface area contributed by atoms with Crippen molar-refractivity contribution in [3.05, 3.63) is 65.0 Å². The van der Waals surface area contributed by atoms with Crippen LogP contribution in [0.5, 0.6) is 0 Å². The zero-order chi connectivity index (χ0) is 27.3. The minimum atomic E-state index is -1.46. The van der Waals surface area contributed by atoms with E-state index in [1.807, 2.05) is 13.0 Å². The van der Waals surface area contributed by atoms with Gasteiger partial charge in [0.05, 0.1) is 5.92 Å². The predicted molar refractivity (Wildman–Crippen MR) is 139 cm³/mol. The summed E-state index contributed by atoms with van der Waals surface area (Å²) in [6.07, 6.45) is 1.97. The zero-order valence-corrected chi connectivity index (χ0v) is 21.7. The Kier molecular flexibility index (Phi) is 6.37. The quantitative estimate of drug-likeness (QED) is 0.539. The maximum Gasteiger partial charge on any atom is 0.418 e. The second-order valence-electron chi connectivity index (χ2n) is 11.0. The van der Waals surface area contributed by atoms with Gasteiger partial charge < -0.3 is 20.3 Å². The number of aryl methyl sites for hydroxylation is 1. The average molecular weight is 535 g/mol. The monoisotopic (exact) mass is 534 g/mol. The SMILES string of the molecule is C[C@@H](C1CC1)N(Cc1ccc(F)cc1)C(=O)CN1C(=O)OC2(CCc3cc(NC(=O)C4CNC4)ccc32)C1=O. The molecule has 0 radical (unpaired) electrons. The number of carbonyl (C=O) groups is 4. The molecule has 2 aromatic carbocycles. The average Bonchev–Trinajstić information content (AvgIpc) is 3.63. The van der Waals surface area contributed by atoms with Crippen LogP contribution in [0, 0.1) is 17.7 Å². The molecule has 2 aliphatic carbocycles. The fourth-order valence-corrected chi connectivity index (χ4v) is 5.75. The van der Waals surface area contributed by atoms with Crippen molar-refractivity contribution >= 4 is 29.5 Å². The third-order valence-corrected chi connectivity index (χ3v) is 8.45. The summed E-state index contributed by atoms with van der Waals surface area (Å²) < 4.78 is 19.1. The van der Waals surface area contributed by atoms with E-state index < -0.39 is 24.1 Å². The molecule has 3 fully saturated rings. The number of hydrogen-bond donors (Lipinski definition) is 2. The summed E-state index contributed by atoms with van der Waals surface area (Å²) in [5.74, 6) is -1.01. The molecular weight excluding hydrogens is 503 g/mol. The van der Waals surface area contributed by atoms with E-state index in [4.69, 9.17) is 4.74 Å². The van der Waals surface area contributed by atoms with Gasteiger partial charge in [-0.1, -0.05) is 18.2 Å². The Morgan fingerprint density at radius 3 is 2.59 bits per heavy atom. The molecule has 0 aromatic heterocycles. The molecule has 2 aliphatic heterocycles. The summed E-state index contributed by atoms with van der Waals surface area (Å²) in [5.41, 5.74) is 1.36. The van der Waals surface area contributed by atoms with Crippen LogP contribution < -0.4 is 10.6 Å². The number of hydrogen-bond acceptors (Lipinski definition) is 6. The van der Waals surface area contributed by atoms with Crippen molar-refractivity contribution in [2.24, 2.45) is 11.8 Å². The molecule has 1 saturated carbocycles. The largest absolute Gasteiger partial charge is 0.427 e. The minimum absolute atomic E-state index is 0.0555. The fourth-order valence-electron chi connectivity index (χ4n) is 5.75. The molecule has 2 atom stereocenters. The Morgan fingerprint density at radius 1 is 1.18 bits per heavy atom. The maximum absolute atomic E-state index is 13.7. The molecule has 9 nitrogen and oxygen atoms in total. The number of nitrogens with one attached hydrogen (secondary N) is 2. The van der Waals surface area contributed by atoms with Crippen LogP contribution >= 0.6 is 0 Å². The number of carbonyl (C=O) groups excluding carboxylic acids is 4. The molecule has 0 bridgehead atoms. The molecule has 2 aromatic rings. The van der Waals surface area contributed by atoms with Gasteiger partial charge in [-0.05, 0) is 67.5 Å². The van der Waals surface area contributed by atoms with Gasteiger partial charge in [0.15, 0.2) is 0 Å². The third kappa shape index (κ3) is 4.67. The molecule has 1 unspecified atom stereocenters. The first-order valence-corrected chi connectivity index (χ1v) is 13.5. The van der Waals surface area contributed by atoms with E-state index in [0.717, 1.165) is 28.9 Å². The lowest BCUT2D eigenvalue weighted by molar-refractivity contribution is -0.143. The first-order chi connectivity index (χ1) is 18.7. The van der Waals surface area contributed by atoms with Gasteiger partial charge >= 0.3 is 6.09 Å². The van der Waals surface area contributed by atoms with Crippen molar-refractivity contribution in [1.82, 2.24) is 15.1 Å². The number of halogens is 1. The standard InChI is InChI=1S/C29H31FN4O5/c1-17(19-4-5-19)33(15-18-2-6-22(30)7-3-18)25(35)16-34-27(37)29(39-28(34)38)11-10-20-12-23(8-9-24(20)29)32-26(36)21-13-31-14-21/h2-3,6-9,12,17,19,21,31H,4-5,10-11,13-16H2,1H3,(H,32,36)/t17-,29?/m0/s1. The second-order valence-corrected chi connectivity index (χ2v) is 11.0. The Labute approximate surface area is 225 Å². The van der Waals surface area contributed by atoms with Gasteiger partial charge in [0.25, 0.3) is 5.91 Å². The van der Waals surface area contributed by atoms with Gasteiger partial charge in [0.2, 0.25) is 17.4 Å². The van der Waals surface area contributed by atoms with Crippen LogP contribution in [0.3, 0.4) is 0 Å². The van der Waals surface area contributed by atoms with Gasteiger partial charge in [-0.15, -0.1) is 0 Å². The Hall–Kier alpha value is -3.79. The van der Waals surface area contributed by atoms with Crippen molar-refractivity contribution in [3.63, 3.8) is 0 Å². The van der Waals surface area contributed by atoms with E-state index in [0.29, 0.717) is 36.7 Å². The number of amides is 4. The molecule has 39 heavy (non-hydrogen) atoms. The van der Waals surface area contributed by atoms with E-state index in [9.17, 15) is 23.6 Å². The first-order valence-electron chi connectivity index (χ1n) is 13.5. The molecule has 4 amide bonds. The van der Waals surface area contributed by atoms with Crippen LogP contribution in [0.4, 0.5) is 14.9 Å². The smallest absolute Gasteiger partial charge is 0.418 e. The topological polar surface area (TPSA) is 108 Å². The van der Waals surface area contributed by atoms with Crippen LogP contribution in [0.2, 0.25) is 0 Å². The van der Waals surface area contributed by atoms with Crippen LogP contribution in [0.25, 0.3) is 0 Å². The van der Waals surface area contributed by atoms with Crippen molar-refractivity contribution in [1.29, 1.82) is 0 Å². The highest BCUT2D eigenvalue weighted by Gasteiger charge is 2.58. The molecule has 6 rings (SSSR count). The molecule has 204 valence electrons. The van der Waals surface area contributed by atoms with Crippen molar-refractivity contribution in [2.75, 3.05) is 25.0 Å². The maximum atomic E-state index is 13.7. The lowest BCUT2D eigenvalue weighted by atomic mass is 9.94. The summed E-state index contributed by atoms with van der Waals surface area (Å²) in [4.78, 5) is 55.1. The number of ether oxygens (including phenoxy) is 1. The minimum Gasteiger partial charge on any atom is -0.427 e. The van der Waals surface area contributed by atoms with Gasteiger partial charge in [0, 0.05) is 43.3 Å². The Balaban J connectivity index is 1.18. The van der Waals surface area contributed by atoms with E-state index in [2.05, 4.69) is 10.6 Å². The zero-order valence-electron chi connectivity index (χ0n) is 21.7. The molecular formula is C29H31FN4O5. The number of nitrogens with zero attached hydrogens (tertiary/aromatic N) is 2. The number of rotatable bonds is 8. The van der Waals surface area contributed by atoms with Gasteiger partial charge in [-0.2, -0.15) is 0 Å². The van der Waals surface area contributed by atoms with Gasteiger partial charge in [-0.3, -0.25) is 14.4 Å².